The molecule has 0 radical (unpaired) electrons. The van der Waals surface area contributed by atoms with Gasteiger partial charge < -0.3 is 4.90 Å². The van der Waals surface area contributed by atoms with Crippen molar-refractivity contribution in [2.45, 2.75) is 33.1 Å². The number of nitrogens with zero attached hydrogens (tertiary/aromatic N) is 2. The number of aliphatic imine (C=N–C) groups is 1. The summed E-state index contributed by atoms with van der Waals surface area (Å²) >= 11 is 0. The van der Waals surface area contributed by atoms with Crippen LogP contribution in [0, 0.1) is 6.92 Å². The van der Waals surface area contributed by atoms with Crippen molar-refractivity contribution in [2.24, 2.45) is 4.99 Å². The van der Waals surface area contributed by atoms with E-state index in [1.54, 1.807) is 0 Å². The highest BCUT2D eigenvalue weighted by molar-refractivity contribution is 6.02. The average molecular weight is 330 g/mol. The van der Waals surface area contributed by atoms with Gasteiger partial charge in [0.25, 0.3) is 0 Å². The Bertz CT molecular complexity index is 827. The first-order chi connectivity index (χ1) is 12.2. The number of aryl methyl sites for hydroxylation is 2. The van der Waals surface area contributed by atoms with Gasteiger partial charge in [-0.25, -0.2) is 4.99 Å². The van der Waals surface area contributed by atoms with Crippen molar-refractivity contribution in [1.82, 2.24) is 4.90 Å². The van der Waals surface area contributed by atoms with Crippen LogP contribution in [0.15, 0.2) is 82.2 Å². The molecule has 1 heterocycles. The van der Waals surface area contributed by atoms with E-state index in [1.165, 1.54) is 22.3 Å². The number of amidine groups is 1. The van der Waals surface area contributed by atoms with Crippen LogP contribution in [0.5, 0.6) is 0 Å². The highest BCUT2D eigenvalue weighted by Gasteiger charge is 2.16. The van der Waals surface area contributed by atoms with Crippen LogP contribution in [0.25, 0.3) is 0 Å². The summed E-state index contributed by atoms with van der Waals surface area (Å²) < 4.78 is 0. The van der Waals surface area contributed by atoms with Gasteiger partial charge in [0.1, 0.15) is 5.84 Å². The molecular formula is C23H26N2. The summed E-state index contributed by atoms with van der Waals surface area (Å²) in [6.45, 7) is 5.28. The van der Waals surface area contributed by atoms with Crippen LogP contribution in [-0.4, -0.2) is 24.3 Å². The molecule has 3 rings (SSSR count). The van der Waals surface area contributed by atoms with E-state index < -0.39 is 0 Å². The molecule has 0 aromatic heterocycles. The zero-order valence-corrected chi connectivity index (χ0v) is 15.4. The molecule has 1 aliphatic heterocycles. The predicted molar refractivity (Wildman–Crippen MR) is 107 cm³/mol. The zero-order valence-electron chi connectivity index (χ0n) is 15.4. The van der Waals surface area contributed by atoms with Crippen molar-refractivity contribution in [2.75, 3.05) is 13.6 Å². The lowest BCUT2D eigenvalue weighted by Gasteiger charge is -2.26. The summed E-state index contributed by atoms with van der Waals surface area (Å²) in [5, 5.41) is 0. The molecule has 25 heavy (non-hydrogen) atoms. The summed E-state index contributed by atoms with van der Waals surface area (Å²) in [7, 11) is 2.12. The number of benzene rings is 1. The monoisotopic (exact) mass is 330 g/mol. The Morgan fingerprint density at radius 3 is 2.72 bits per heavy atom. The minimum absolute atomic E-state index is 0.934. The van der Waals surface area contributed by atoms with E-state index in [9.17, 15) is 0 Å². The molecule has 1 aliphatic carbocycles. The fraction of sp³-hybridized carbons (Fsp3) is 0.304. The molecule has 2 nitrogen and oxygen atoms in total. The molecular weight excluding hydrogens is 304 g/mol. The number of hydrogen-bond donors (Lipinski definition) is 0. The van der Waals surface area contributed by atoms with Gasteiger partial charge in [-0.05, 0) is 60.6 Å². The van der Waals surface area contributed by atoms with E-state index in [1.807, 2.05) is 6.08 Å². The minimum Gasteiger partial charge on any atom is -0.355 e. The van der Waals surface area contributed by atoms with Gasteiger partial charge in [0.15, 0.2) is 0 Å². The third-order valence-corrected chi connectivity index (χ3v) is 4.80. The molecule has 128 valence electrons. The van der Waals surface area contributed by atoms with Crippen LogP contribution in [0.2, 0.25) is 0 Å². The highest BCUT2D eigenvalue weighted by Crippen LogP contribution is 2.19. The lowest BCUT2D eigenvalue weighted by atomic mass is 10.00. The van der Waals surface area contributed by atoms with Crippen LogP contribution < -0.4 is 0 Å². The van der Waals surface area contributed by atoms with E-state index in [-0.39, 0.29) is 0 Å². The smallest absolute Gasteiger partial charge is 0.136 e. The lowest BCUT2D eigenvalue weighted by Crippen LogP contribution is -2.32. The maximum absolute atomic E-state index is 4.74. The Hall–Kier alpha value is -2.57. The highest BCUT2D eigenvalue weighted by atomic mass is 15.2. The Morgan fingerprint density at radius 1 is 1.12 bits per heavy atom. The quantitative estimate of drug-likeness (QED) is 0.682. The van der Waals surface area contributed by atoms with Crippen molar-refractivity contribution in [3.63, 3.8) is 0 Å². The van der Waals surface area contributed by atoms with Crippen LogP contribution >= 0.6 is 0 Å². The van der Waals surface area contributed by atoms with E-state index in [2.05, 4.69) is 80.2 Å². The van der Waals surface area contributed by atoms with Crippen LogP contribution in [0.4, 0.5) is 0 Å². The van der Waals surface area contributed by atoms with Gasteiger partial charge >= 0.3 is 0 Å². The van der Waals surface area contributed by atoms with E-state index in [4.69, 9.17) is 4.99 Å². The third-order valence-electron chi connectivity index (χ3n) is 4.80. The Balaban J connectivity index is 1.73. The number of hydrogen-bond acceptors (Lipinski definition) is 2. The van der Waals surface area contributed by atoms with Gasteiger partial charge in [0.2, 0.25) is 0 Å². The van der Waals surface area contributed by atoms with Crippen molar-refractivity contribution in [1.29, 1.82) is 0 Å². The van der Waals surface area contributed by atoms with Crippen molar-refractivity contribution in [3.05, 3.63) is 88.3 Å². The van der Waals surface area contributed by atoms with E-state index in [0.717, 1.165) is 37.2 Å². The van der Waals surface area contributed by atoms with Crippen LogP contribution in [-0.2, 0) is 6.42 Å². The van der Waals surface area contributed by atoms with Gasteiger partial charge in [0, 0.05) is 25.4 Å². The average Bonchev–Trinajstić information content (AvgIpc) is 2.86. The first kappa shape index (κ1) is 17.3. The molecule has 0 fully saturated rings. The predicted octanol–water partition coefficient (Wildman–Crippen LogP) is 5.14. The van der Waals surface area contributed by atoms with Crippen LogP contribution in [0.1, 0.15) is 30.9 Å². The normalized spacial score (nSPS) is 16.8. The molecule has 0 amide bonds. The summed E-state index contributed by atoms with van der Waals surface area (Å²) in [5.74, 6) is 1.02. The molecule has 0 unspecified atom stereocenters. The molecule has 0 saturated carbocycles. The maximum Gasteiger partial charge on any atom is 0.136 e. The Morgan fingerprint density at radius 2 is 1.96 bits per heavy atom. The molecule has 2 aliphatic rings. The van der Waals surface area contributed by atoms with Crippen molar-refractivity contribution >= 4 is 5.84 Å². The maximum atomic E-state index is 4.74. The second kappa shape index (κ2) is 8.00. The molecule has 0 saturated heterocycles. The number of rotatable bonds is 5. The van der Waals surface area contributed by atoms with Gasteiger partial charge in [-0.2, -0.15) is 0 Å². The summed E-state index contributed by atoms with van der Waals surface area (Å²) in [5.41, 5.74) is 9.86. The standard InChI is InChI=1S/C23H26N2/c1-4-19-9-7-11-22(15-12-19)23-24-16-20(17-25(23)3)13-14-21-10-6-5-8-18(21)2/h5-6,8-12,15-16H,4,13-14,17H2,1-3H3. The SMILES string of the molecule is CCC1=CC=C(C2=NC=C(CCc3ccccc3C)CN2C)C=C=C1. The topological polar surface area (TPSA) is 15.6 Å². The number of likely N-dealkylation sites (N-methyl/N-ethyl adjacent to an activating group) is 1. The van der Waals surface area contributed by atoms with Gasteiger partial charge in [-0.3, -0.25) is 0 Å². The first-order valence-corrected chi connectivity index (χ1v) is 9.02. The van der Waals surface area contributed by atoms with Crippen molar-refractivity contribution < 1.29 is 0 Å². The Kier molecular flexibility index (Phi) is 5.53. The lowest BCUT2D eigenvalue weighted by molar-refractivity contribution is 0.529. The molecule has 2 heteroatoms. The molecule has 0 bridgehead atoms. The second-order valence-corrected chi connectivity index (χ2v) is 6.70. The van der Waals surface area contributed by atoms with Crippen LogP contribution in [0.3, 0.4) is 0 Å². The van der Waals surface area contributed by atoms with Gasteiger partial charge in [0.05, 0.1) is 0 Å². The number of allylic oxidation sites excluding steroid dienone is 3. The van der Waals surface area contributed by atoms with Gasteiger partial charge in [-0.15, -0.1) is 5.73 Å². The molecule has 0 spiro atoms. The van der Waals surface area contributed by atoms with Crippen molar-refractivity contribution in [3.8, 4) is 0 Å². The van der Waals surface area contributed by atoms with Gasteiger partial charge in [-0.1, -0.05) is 43.3 Å². The summed E-state index contributed by atoms with van der Waals surface area (Å²) in [4.78, 5) is 6.98. The minimum atomic E-state index is 0.934. The molecule has 1 aromatic carbocycles. The zero-order chi connectivity index (χ0) is 17.6. The summed E-state index contributed by atoms with van der Waals surface area (Å²) in [6.07, 6.45) is 13.6. The largest absolute Gasteiger partial charge is 0.355 e. The molecule has 1 aromatic rings. The third kappa shape index (κ3) is 4.29. The molecule has 0 atom stereocenters. The fourth-order valence-corrected chi connectivity index (χ4v) is 3.19. The van der Waals surface area contributed by atoms with E-state index >= 15 is 0 Å². The summed E-state index contributed by atoms with van der Waals surface area (Å²) in [6, 6.07) is 8.63. The molecule has 0 N–H and O–H groups in total. The fourth-order valence-electron chi connectivity index (χ4n) is 3.19. The second-order valence-electron chi connectivity index (χ2n) is 6.70. The van der Waals surface area contributed by atoms with E-state index in [0.29, 0.717) is 0 Å². The first-order valence-electron chi connectivity index (χ1n) is 9.02. The Labute approximate surface area is 151 Å².